The molecule has 0 radical (unpaired) electrons. The first-order chi connectivity index (χ1) is 19.3. The number of carbonyl (C=O) groups excluding carboxylic acids is 2. The summed E-state index contributed by atoms with van der Waals surface area (Å²) < 4.78 is 1.70. The molecular weight excluding hydrogens is 581 g/mol. The van der Waals surface area contributed by atoms with Crippen LogP contribution >= 0.6 is 34.9 Å². The van der Waals surface area contributed by atoms with Crippen LogP contribution in [-0.4, -0.2) is 88.2 Å². The van der Waals surface area contributed by atoms with Crippen molar-refractivity contribution in [3.05, 3.63) is 22.3 Å². The maximum atomic E-state index is 13.1. The molecule has 1 unspecified atom stereocenters. The number of unbranched alkanes of at least 4 members (excludes halogenated alkanes) is 3. The number of carboxylic acid groups (broad SMARTS) is 1. The zero-order valence-corrected chi connectivity index (χ0v) is 23.8. The number of nitriles is 1. The van der Waals surface area contributed by atoms with Crippen molar-refractivity contribution in [2.24, 2.45) is 5.16 Å². The zero-order valence-electron chi connectivity index (χ0n) is 21.3. The Balaban J connectivity index is 1.44. The molecule has 0 aromatic carbocycles. The highest BCUT2D eigenvalue weighted by atomic mass is 32.2. The van der Waals surface area contributed by atoms with Crippen molar-refractivity contribution >= 4 is 63.5 Å². The third-order valence-electron chi connectivity index (χ3n) is 5.90. The van der Waals surface area contributed by atoms with Crippen LogP contribution in [0.15, 0.2) is 27.0 Å². The lowest BCUT2D eigenvalue weighted by atomic mass is 10.0. The van der Waals surface area contributed by atoms with Crippen molar-refractivity contribution in [1.29, 1.82) is 5.26 Å². The number of hydrogen-bond donors (Lipinski definition) is 3. The lowest BCUT2D eigenvalue weighted by molar-refractivity contribution is -0.150. The van der Waals surface area contributed by atoms with Gasteiger partial charge in [0.15, 0.2) is 10.8 Å². The second-order valence-electron chi connectivity index (χ2n) is 8.59. The zero-order chi connectivity index (χ0) is 28.6. The monoisotopic (exact) mass is 606 g/mol. The van der Waals surface area contributed by atoms with E-state index in [2.05, 4.69) is 37.9 Å². The molecular formula is C22H26N10O5S3. The number of rotatable bonds is 14. The normalized spacial score (nSPS) is 18.6. The Hall–Kier alpha value is -3.69. The second kappa shape index (κ2) is 13.6. The Morgan fingerprint density at radius 3 is 2.92 bits per heavy atom. The van der Waals surface area contributed by atoms with E-state index in [1.54, 1.807) is 10.8 Å². The van der Waals surface area contributed by atoms with E-state index in [1.165, 1.54) is 33.8 Å². The van der Waals surface area contributed by atoms with E-state index in [9.17, 15) is 19.5 Å². The summed E-state index contributed by atoms with van der Waals surface area (Å²) in [4.78, 5) is 48.4. The van der Waals surface area contributed by atoms with Gasteiger partial charge in [-0.3, -0.25) is 14.5 Å². The maximum Gasteiger partial charge on any atom is 0.352 e. The predicted octanol–water partition coefficient (Wildman–Crippen LogP) is 1.07. The molecule has 4 N–H and O–H groups in total. The number of β-lactam (4-membered cyclic amide) rings is 1. The molecule has 0 saturated carbocycles. The van der Waals surface area contributed by atoms with Crippen LogP contribution in [0.25, 0.3) is 0 Å². The number of nitrogens with zero attached hydrogens (tertiary/aromatic N) is 8. The van der Waals surface area contributed by atoms with Gasteiger partial charge in [0.25, 0.3) is 11.8 Å². The van der Waals surface area contributed by atoms with Crippen molar-refractivity contribution < 1.29 is 24.3 Å². The molecule has 1 saturated heterocycles. The molecule has 0 spiro atoms. The molecule has 4 heterocycles. The van der Waals surface area contributed by atoms with Gasteiger partial charge in [-0.25, -0.2) is 14.5 Å². The minimum Gasteiger partial charge on any atom is -0.477 e. The maximum absolute atomic E-state index is 13.1. The van der Waals surface area contributed by atoms with Gasteiger partial charge in [-0.05, 0) is 22.4 Å². The Labute approximate surface area is 241 Å². The highest BCUT2D eigenvalue weighted by molar-refractivity contribution is 8.01. The lowest BCUT2D eigenvalue weighted by Gasteiger charge is -2.49. The SMILES string of the molecule is CCCCCCn1nnnc1SCC1=C(C(=O)O)N2C(=O)C(NC(=O)C(=NOCC#N)c3csc(N)n3)[C@@H]2SC1. The van der Waals surface area contributed by atoms with Gasteiger partial charge in [0, 0.05) is 23.4 Å². The molecule has 2 aromatic heterocycles. The number of carbonyl (C=O) groups is 3. The van der Waals surface area contributed by atoms with Gasteiger partial charge < -0.3 is 21.0 Å². The summed E-state index contributed by atoms with van der Waals surface area (Å²) in [5.74, 6) is -1.95. The van der Waals surface area contributed by atoms with Crippen LogP contribution in [0.1, 0.15) is 38.3 Å². The number of anilines is 1. The predicted molar refractivity (Wildman–Crippen MR) is 147 cm³/mol. The first kappa shape index (κ1) is 29.3. The Kier molecular flexibility index (Phi) is 9.95. The fourth-order valence-electron chi connectivity index (χ4n) is 4.01. The lowest BCUT2D eigenvalue weighted by Crippen LogP contribution is -2.71. The van der Waals surface area contributed by atoms with E-state index in [4.69, 9.17) is 15.8 Å². The van der Waals surface area contributed by atoms with Crippen LogP contribution in [0.5, 0.6) is 0 Å². The Bertz CT molecular complexity index is 1370. The number of carboxylic acids is 1. The third-order valence-corrected chi connectivity index (χ3v) is 8.96. The number of tetrazole rings is 1. The molecule has 40 heavy (non-hydrogen) atoms. The third kappa shape index (κ3) is 6.54. The number of amides is 2. The number of nitrogen functional groups attached to an aromatic ring is 1. The number of nitrogens with two attached hydrogens (primary N) is 1. The van der Waals surface area contributed by atoms with E-state index in [1.807, 2.05) is 0 Å². The van der Waals surface area contributed by atoms with E-state index < -0.39 is 35.8 Å². The molecule has 2 aromatic rings. The fraction of sp³-hybridized carbons (Fsp3) is 0.500. The standard InChI is InChI=1S/C22H26N10O5S3/c1-2-3-4-5-7-31-22(27-29-30-31)40-10-12-9-38-19-15(18(34)32(19)16(12)20(35)36)26-17(33)14(28-37-8-6-23)13-11-39-21(24)25-13/h11,15,19H,2-5,7-10H2,1H3,(H2,24,25)(H,26,33)(H,35,36)/t15?,19-/m0/s1. The van der Waals surface area contributed by atoms with E-state index >= 15 is 0 Å². The van der Waals surface area contributed by atoms with Crippen molar-refractivity contribution in [3.63, 3.8) is 0 Å². The topological polar surface area (TPSA) is 215 Å². The van der Waals surface area contributed by atoms with Gasteiger partial charge in [0.2, 0.25) is 11.8 Å². The first-order valence-electron chi connectivity index (χ1n) is 12.2. The summed E-state index contributed by atoms with van der Waals surface area (Å²) >= 11 is 3.73. The van der Waals surface area contributed by atoms with Crippen molar-refractivity contribution in [1.82, 2.24) is 35.4 Å². The molecule has 4 rings (SSSR count). The molecule has 2 amide bonds. The molecule has 18 heteroatoms. The number of nitrogens with one attached hydrogen (secondary N) is 1. The number of aliphatic carboxylic acids is 1. The van der Waals surface area contributed by atoms with Crippen LogP contribution in [0.3, 0.4) is 0 Å². The van der Waals surface area contributed by atoms with Crippen molar-refractivity contribution in [3.8, 4) is 6.07 Å². The number of thioether (sulfide) groups is 2. The molecule has 15 nitrogen and oxygen atoms in total. The molecule has 2 aliphatic heterocycles. The van der Waals surface area contributed by atoms with Crippen molar-refractivity contribution in [2.75, 3.05) is 23.8 Å². The highest BCUT2D eigenvalue weighted by Gasteiger charge is 2.54. The van der Waals surface area contributed by atoms with Crippen LogP contribution in [0.4, 0.5) is 5.13 Å². The average Bonchev–Trinajstić information content (AvgIpc) is 3.58. The Morgan fingerprint density at radius 1 is 1.40 bits per heavy atom. The fourth-order valence-corrected chi connectivity index (χ4v) is 6.95. The first-order valence-corrected chi connectivity index (χ1v) is 15.1. The summed E-state index contributed by atoms with van der Waals surface area (Å²) in [6, 6.07) is 0.747. The van der Waals surface area contributed by atoms with Gasteiger partial charge in [-0.15, -0.1) is 28.2 Å². The number of oxime groups is 1. The smallest absolute Gasteiger partial charge is 0.352 e. The number of aryl methyl sites for hydroxylation is 1. The highest BCUT2D eigenvalue weighted by Crippen LogP contribution is 2.41. The molecule has 2 atom stereocenters. The summed E-state index contributed by atoms with van der Waals surface area (Å²) in [6.45, 7) is 2.41. The summed E-state index contributed by atoms with van der Waals surface area (Å²) in [7, 11) is 0. The van der Waals surface area contributed by atoms with Crippen LogP contribution in [-0.2, 0) is 25.8 Å². The van der Waals surface area contributed by atoms with E-state index in [0.29, 0.717) is 23.0 Å². The summed E-state index contributed by atoms with van der Waals surface area (Å²) in [6.07, 6.45) is 4.26. The van der Waals surface area contributed by atoms with Crippen LogP contribution < -0.4 is 11.1 Å². The van der Waals surface area contributed by atoms with Gasteiger partial charge in [-0.1, -0.05) is 43.1 Å². The van der Waals surface area contributed by atoms with Crippen LogP contribution in [0.2, 0.25) is 0 Å². The second-order valence-corrected chi connectivity index (χ2v) is 11.5. The number of fused-ring (bicyclic) bond motifs is 1. The number of thiazole rings is 1. The molecule has 2 aliphatic rings. The van der Waals surface area contributed by atoms with E-state index in [-0.39, 0.29) is 28.0 Å². The molecule has 212 valence electrons. The van der Waals surface area contributed by atoms with Gasteiger partial charge in [0.1, 0.15) is 28.9 Å². The van der Waals surface area contributed by atoms with E-state index in [0.717, 1.165) is 37.0 Å². The van der Waals surface area contributed by atoms with Gasteiger partial charge in [-0.2, -0.15) is 5.26 Å². The molecule has 0 bridgehead atoms. The molecule has 0 aliphatic carbocycles. The minimum atomic E-state index is -1.23. The van der Waals surface area contributed by atoms with Gasteiger partial charge in [0.05, 0.1) is 0 Å². The molecule has 1 fully saturated rings. The van der Waals surface area contributed by atoms with Gasteiger partial charge >= 0.3 is 5.97 Å². The van der Waals surface area contributed by atoms with Crippen molar-refractivity contribution in [2.45, 2.75) is 55.7 Å². The average molecular weight is 607 g/mol. The quantitative estimate of drug-likeness (QED) is 0.0903. The largest absolute Gasteiger partial charge is 0.477 e. The van der Waals surface area contributed by atoms with Crippen LogP contribution in [0, 0.1) is 11.3 Å². The number of hydrogen-bond acceptors (Lipinski definition) is 14. The Morgan fingerprint density at radius 2 is 2.23 bits per heavy atom. The summed E-state index contributed by atoms with van der Waals surface area (Å²) in [5.41, 5.74) is 5.98. The summed E-state index contributed by atoms with van der Waals surface area (Å²) in [5, 5.41) is 38.4. The minimum absolute atomic E-state index is 0.104. The number of aromatic nitrogens is 5.